The van der Waals surface area contributed by atoms with Crippen LogP contribution in [0.1, 0.15) is 31.2 Å². The lowest BCUT2D eigenvalue weighted by molar-refractivity contribution is -0.127. The van der Waals surface area contributed by atoms with E-state index >= 15 is 0 Å². The van der Waals surface area contributed by atoms with Gasteiger partial charge in [-0.25, -0.2) is 8.78 Å². The Labute approximate surface area is 156 Å². The molecule has 1 aromatic carbocycles. The van der Waals surface area contributed by atoms with Crippen molar-refractivity contribution in [3.05, 3.63) is 58.9 Å². The molecular weight excluding hydrogens is 354 g/mol. The van der Waals surface area contributed by atoms with Crippen molar-refractivity contribution in [1.29, 1.82) is 0 Å². The van der Waals surface area contributed by atoms with Gasteiger partial charge in [-0.15, -0.1) is 0 Å². The number of alkyl halides is 2. The Hall–Kier alpha value is -2.70. The summed E-state index contributed by atoms with van der Waals surface area (Å²) in [5, 5.41) is 2.49. The normalized spacial score (nSPS) is 27.1. The Bertz CT molecular complexity index is 820. The Kier molecular flexibility index (Phi) is 5.04. The molecule has 0 bridgehead atoms. The van der Waals surface area contributed by atoms with Gasteiger partial charge >= 0.3 is 0 Å². The van der Waals surface area contributed by atoms with E-state index in [9.17, 15) is 18.4 Å². The molecule has 2 amide bonds. The van der Waals surface area contributed by atoms with Crippen LogP contribution in [0, 0.1) is 5.41 Å². The predicted octanol–water partition coefficient (Wildman–Crippen LogP) is 2.65. The lowest BCUT2D eigenvalue weighted by Gasteiger charge is -2.33. The molecule has 0 radical (unpaired) electrons. The molecule has 144 valence electrons. The summed E-state index contributed by atoms with van der Waals surface area (Å²) in [5.74, 6) is -1.25. The third-order valence-corrected chi connectivity index (χ3v) is 5.25. The number of carbonyl (C=O) groups excluding carboxylic acids is 2. The maximum Gasteiger partial charge on any atom is 0.254 e. The van der Waals surface area contributed by atoms with Gasteiger partial charge in [-0.2, -0.15) is 0 Å². The molecule has 1 aromatic rings. The van der Waals surface area contributed by atoms with Crippen LogP contribution in [0.4, 0.5) is 8.78 Å². The second-order valence-electron chi connectivity index (χ2n) is 7.00. The van der Waals surface area contributed by atoms with Gasteiger partial charge in [0.2, 0.25) is 12.3 Å². The molecule has 0 saturated carbocycles. The van der Waals surface area contributed by atoms with Gasteiger partial charge in [-0.05, 0) is 24.5 Å². The Morgan fingerprint density at radius 1 is 1.33 bits per heavy atom. The van der Waals surface area contributed by atoms with Gasteiger partial charge in [0, 0.05) is 19.4 Å². The number of carbonyl (C=O) groups is 2. The molecule has 3 atom stereocenters. The van der Waals surface area contributed by atoms with Gasteiger partial charge in [0.15, 0.2) is 0 Å². The number of hydrogen-bond acceptors (Lipinski definition) is 3. The largest absolute Gasteiger partial charge is 0.489 e. The van der Waals surface area contributed by atoms with Crippen molar-refractivity contribution < 1.29 is 23.1 Å². The summed E-state index contributed by atoms with van der Waals surface area (Å²) < 4.78 is 32.5. The van der Waals surface area contributed by atoms with Crippen molar-refractivity contribution in [2.45, 2.75) is 38.2 Å². The number of likely N-dealkylation sites (N-methyl/N-ethyl adjacent to an activating group) is 1. The lowest BCUT2D eigenvalue weighted by Crippen LogP contribution is -2.41. The maximum absolute atomic E-state index is 13.3. The zero-order chi connectivity index (χ0) is 19.8. The van der Waals surface area contributed by atoms with Crippen LogP contribution in [0.2, 0.25) is 0 Å². The van der Waals surface area contributed by atoms with Crippen LogP contribution in [-0.4, -0.2) is 31.4 Å². The summed E-state index contributed by atoms with van der Waals surface area (Å²) in [6.45, 7) is 1.86. The van der Waals surface area contributed by atoms with E-state index < -0.39 is 30.1 Å². The molecule has 3 N–H and O–H groups in total. The van der Waals surface area contributed by atoms with Crippen molar-refractivity contribution >= 4 is 11.8 Å². The fourth-order valence-electron chi connectivity index (χ4n) is 4.01. The number of hydrogen-bond donors (Lipinski definition) is 2. The topological polar surface area (TPSA) is 81.4 Å². The zero-order valence-electron chi connectivity index (χ0n) is 15.2. The number of amides is 2. The van der Waals surface area contributed by atoms with Gasteiger partial charge < -0.3 is 15.8 Å². The smallest absolute Gasteiger partial charge is 0.254 e. The van der Waals surface area contributed by atoms with E-state index in [1.165, 1.54) is 13.1 Å². The van der Waals surface area contributed by atoms with Gasteiger partial charge in [0.25, 0.3) is 5.91 Å². The minimum atomic E-state index is -2.74. The molecule has 0 aromatic heterocycles. The zero-order valence-corrected chi connectivity index (χ0v) is 15.2. The van der Waals surface area contributed by atoms with E-state index in [2.05, 4.69) is 5.32 Å². The van der Waals surface area contributed by atoms with Crippen LogP contribution < -0.4 is 11.1 Å². The molecule has 27 heavy (non-hydrogen) atoms. The second-order valence-corrected chi connectivity index (χ2v) is 7.00. The number of nitrogens with one attached hydrogen (secondary N) is 1. The lowest BCUT2D eigenvalue weighted by atomic mass is 9.69. The summed E-state index contributed by atoms with van der Waals surface area (Å²) >= 11 is 0. The quantitative estimate of drug-likeness (QED) is 0.829. The first-order valence-corrected chi connectivity index (χ1v) is 8.77. The van der Waals surface area contributed by atoms with E-state index in [0.29, 0.717) is 11.3 Å². The molecule has 0 saturated heterocycles. The third kappa shape index (κ3) is 3.34. The highest BCUT2D eigenvalue weighted by Crippen LogP contribution is 2.51. The first-order chi connectivity index (χ1) is 12.8. The minimum Gasteiger partial charge on any atom is -0.489 e. The summed E-state index contributed by atoms with van der Waals surface area (Å²) in [7, 11) is 1.43. The standard InChI is InChI=1S/C20H22F2N2O3/c1-11-16(12-6-4-3-5-7-12)13-8-20(19(23)26,10-15(21)22)9-14(17(13)27-11)18(25)24-2/h3-7,9,11,15-16H,8,10H2,1-2H3,(H2,23,26)(H,24,25). The highest BCUT2D eigenvalue weighted by Gasteiger charge is 2.49. The molecule has 3 unspecified atom stereocenters. The molecule has 1 aliphatic carbocycles. The SMILES string of the molecule is CNC(=O)C1=CC(CC(F)F)(C(N)=O)CC2=C1OC(C)C2c1ccccc1. The molecule has 2 aliphatic rings. The highest BCUT2D eigenvalue weighted by atomic mass is 19.3. The van der Waals surface area contributed by atoms with Crippen LogP contribution in [0.15, 0.2) is 53.3 Å². The van der Waals surface area contributed by atoms with E-state index in [4.69, 9.17) is 10.5 Å². The van der Waals surface area contributed by atoms with E-state index in [0.717, 1.165) is 5.56 Å². The van der Waals surface area contributed by atoms with Crippen LogP contribution in [-0.2, 0) is 14.3 Å². The van der Waals surface area contributed by atoms with Gasteiger partial charge in [0.05, 0.1) is 11.0 Å². The Morgan fingerprint density at radius 3 is 2.56 bits per heavy atom. The number of primary amides is 1. The molecule has 0 spiro atoms. The summed E-state index contributed by atoms with van der Waals surface area (Å²) in [6.07, 6.45) is -2.52. The number of ether oxygens (including phenoxy) is 1. The average molecular weight is 376 g/mol. The van der Waals surface area contributed by atoms with Crippen LogP contribution in [0.3, 0.4) is 0 Å². The fourth-order valence-corrected chi connectivity index (χ4v) is 4.01. The first kappa shape index (κ1) is 19.1. The molecule has 0 fully saturated rings. The van der Waals surface area contributed by atoms with Gasteiger partial charge in [0.1, 0.15) is 11.9 Å². The number of benzene rings is 1. The molecule has 7 heteroatoms. The third-order valence-electron chi connectivity index (χ3n) is 5.25. The Morgan fingerprint density at radius 2 is 2.00 bits per heavy atom. The van der Waals surface area contributed by atoms with Gasteiger partial charge in [-0.3, -0.25) is 9.59 Å². The molecule has 1 aliphatic heterocycles. The van der Waals surface area contributed by atoms with Crippen molar-refractivity contribution in [3.63, 3.8) is 0 Å². The molecule has 1 heterocycles. The van der Waals surface area contributed by atoms with Crippen molar-refractivity contribution in [2.75, 3.05) is 7.05 Å². The molecule has 3 rings (SSSR count). The van der Waals surface area contributed by atoms with Crippen molar-refractivity contribution in [1.82, 2.24) is 5.32 Å². The summed E-state index contributed by atoms with van der Waals surface area (Å²) in [4.78, 5) is 24.7. The van der Waals surface area contributed by atoms with E-state index in [1.807, 2.05) is 37.3 Å². The van der Waals surface area contributed by atoms with Crippen molar-refractivity contribution in [2.24, 2.45) is 11.1 Å². The van der Waals surface area contributed by atoms with Crippen LogP contribution in [0.25, 0.3) is 0 Å². The number of nitrogens with two attached hydrogens (primary N) is 1. The molecule has 5 nitrogen and oxygen atoms in total. The Balaban J connectivity index is 2.15. The first-order valence-electron chi connectivity index (χ1n) is 8.77. The number of rotatable bonds is 5. The summed E-state index contributed by atoms with van der Waals surface area (Å²) in [5.41, 5.74) is 5.60. The monoisotopic (exact) mass is 376 g/mol. The highest BCUT2D eigenvalue weighted by molar-refractivity contribution is 6.00. The van der Waals surface area contributed by atoms with Crippen molar-refractivity contribution in [3.8, 4) is 0 Å². The maximum atomic E-state index is 13.3. The second kappa shape index (κ2) is 7.13. The summed E-state index contributed by atoms with van der Waals surface area (Å²) in [6, 6.07) is 9.45. The van der Waals surface area contributed by atoms with E-state index in [-0.39, 0.29) is 24.0 Å². The minimum absolute atomic E-state index is 0.00635. The fraction of sp³-hybridized carbons (Fsp3) is 0.400. The predicted molar refractivity (Wildman–Crippen MR) is 95.8 cm³/mol. The van der Waals surface area contributed by atoms with Gasteiger partial charge in [-0.1, -0.05) is 36.4 Å². The van der Waals surface area contributed by atoms with Crippen LogP contribution >= 0.6 is 0 Å². The average Bonchev–Trinajstić information content (AvgIpc) is 2.96. The van der Waals surface area contributed by atoms with E-state index in [1.54, 1.807) is 0 Å². The molecular formula is C20H22F2N2O3. The van der Waals surface area contributed by atoms with Crippen LogP contribution in [0.5, 0.6) is 0 Å². The number of halogens is 2.